The number of nitrogens with two attached hydrogens (primary N) is 1. The van der Waals surface area contributed by atoms with E-state index in [1.165, 1.54) is 6.07 Å². The van der Waals surface area contributed by atoms with Crippen molar-refractivity contribution in [1.82, 2.24) is 0 Å². The molecule has 0 saturated heterocycles. The Hall–Kier alpha value is -3.08. The first-order valence-corrected chi connectivity index (χ1v) is 7.54. The van der Waals surface area contributed by atoms with Crippen molar-refractivity contribution < 1.29 is 18.0 Å². The zero-order chi connectivity index (χ0) is 18.0. The average Bonchev–Trinajstić information content (AvgIpc) is 2.61. The summed E-state index contributed by atoms with van der Waals surface area (Å²) in [6, 6.07) is 18.2. The van der Waals surface area contributed by atoms with Crippen molar-refractivity contribution in [3.63, 3.8) is 0 Å². The van der Waals surface area contributed by atoms with Gasteiger partial charge < -0.3 is 5.73 Å². The van der Waals surface area contributed by atoms with Gasteiger partial charge in [-0.2, -0.15) is 13.2 Å². The maximum Gasteiger partial charge on any atom is 0.416 e. The Morgan fingerprint density at radius 2 is 1.44 bits per heavy atom. The molecule has 0 amide bonds. The fraction of sp³-hybridized carbons (Fsp3) is 0.0500. The van der Waals surface area contributed by atoms with Crippen LogP contribution in [0.2, 0.25) is 0 Å². The number of halogens is 3. The topological polar surface area (TPSA) is 43.1 Å². The summed E-state index contributed by atoms with van der Waals surface area (Å²) in [6.45, 7) is 0. The lowest BCUT2D eigenvalue weighted by Crippen LogP contribution is -2.07. The van der Waals surface area contributed by atoms with E-state index in [-0.39, 0.29) is 17.0 Å². The molecule has 25 heavy (non-hydrogen) atoms. The Balaban J connectivity index is 2.16. The Labute approximate surface area is 142 Å². The standard InChI is InChI=1S/C20H14F3NO/c21-20(22,23)14-10-11-18(24)17(12-14)15-8-4-5-9-16(15)19(25)13-6-2-1-3-7-13/h1-12H,24H2. The lowest BCUT2D eigenvalue weighted by Gasteiger charge is -2.14. The smallest absolute Gasteiger partial charge is 0.398 e. The van der Waals surface area contributed by atoms with Crippen LogP contribution in [-0.4, -0.2) is 5.78 Å². The number of anilines is 1. The molecule has 0 bridgehead atoms. The lowest BCUT2D eigenvalue weighted by molar-refractivity contribution is -0.137. The zero-order valence-electron chi connectivity index (χ0n) is 13.0. The summed E-state index contributed by atoms with van der Waals surface area (Å²) in [5.41, 5.74) is 6.60. The van der Waals surface area contributed by atoms with Crippen LogP contribution < -0.4 is 5.73 Å². The highest BCUT2D eigenvalue weighted by atomic mass is 19.4. The third-order valence-electron chi connectivity index (χ3n) is 3.88. The van der Waals surface area contributed by atoms with E-state index in [4.69, 9.17) is 5.73 Å². The average molecular weight is 341 g/mol. The molecule has 0 aliphatic rings. The van der Waals surface area contributed by atoms with Crippen molar-refractivity contribution in [3.05, 3.63) is 89.5 Å². The molecule has 3 aromatic rings. The Morgan fingerprint density at radius 1 is 0.800 bits per heavy atom. The van der Waals surface area contributed by atoms with Gasteiger partial charge >= 0.3 is 6.18 Å². The molecule has 126 valence electrons. The zero-order valence-corrected chi connectivity index (χ0v) is 13.0. The second kappa shape index (κ2) is 6.43. The number of benzene rings is 3. The van der Waals surface area contributed by atoms with Crippen LogP contribution in [0.3, 0.4) is 0 Å². The number of carbonyl (C=O) groups is 1. The molecule has 0 heterocycles. The SMILES string of the molecule is Nc1ccc(C(F)(F)F)cc1-c1ccccc1C(=O)c1ccccc1. The summed E-state index contributed by atoms with van der Waals surface area (Å²) < 4.78 is 39.1. The van der Waals surface area contributed by atoms with Crippen LogP contribution in [0, 0.1) is 0 Å². The number of hydrogen-bond acceptors (Lipinski definition) is 2. The summed E-state index contributed by atoms with van der Waals surface area (Å²) in [7, 11) is 0. The minimum Gasteiger partial charge on any atom is -0.398 e. The largest absolute Gasteiger partial charge is 0.416 e. The predicted molar refractivity (Wildman–Crippen MR) is 91.2 cm³/mol. The number of rotatable bonds is 3. The van der Waals surface area contributed by atoms with Gasteiger partial charge in [-0.3, -0.25) is 4.79 Å². The van der Waals surface area contributed by atoms with Gasteiger partial charge in [0.15, 0.2) is 5.78 Å². The predicted octanol–water partition coefficient (Wildman–Crippen LogP) is 5.19. The van der Waals surface area contributed by atoms with E-state index in [2.05, 4.69) is 0 Å². The van der Waals surface area contributed by atoms with Gasteiger partial charge in [0.05, 0.1) is 5.56 Å². The summed E-state index contributed by atoms with van der Waals surface area (Å²) in [5.74, 6) is -0.270. The first-order chi connectivity index (χ1) is 11.9. The van der Waals surface area contributed by atoms with E-state index in [1.807, 2.05) is 0 Å². The highest BCUT2D eigenvalue weighted by Crippen LogP contribution is 2.36. The van der Waals surface area contributed by atoms with Crippen molar-refractivity contribution in [2.75, 3.05) is 5.73 Å². The van der Waals surface area contributed by atoms with Crippen molar-refractivity contribution in [2.24, 2.45) is 0 Å². The molecule has 3 rings (SSSR count). The molecule has 3 aromatic carbocycles. The van der Waals surface area contributed by atoms with Crippen molar-refractivity contribution in [3.8, 4) is 11.1 Å². The van der Waals surface area contributed by atoms with Gasteiger partial charge in [0.2, 0.25) is 0 Å². The van der Waals surface area contributed by atoms with E-state index in [9.17, 15) is 18.0 Å². The van der Waals surface area contributed by atoms with Crippen molar-refractivity contribution in [1.29, 1.82) is 0 Å². The molecule has 0 aliphatic heterocycles. The molecule has 0 aliphatic carbocycles. The molecular weight excluding hydrogens is 327 g/mol. The first kappa shape index (κ1) is 16.8. The monoisotopic (exact) mass is 341 g/mol. The van der Waals surface area contributed by atoms with Crippen LogP contribution in [0.25, 0.3) is 11.1 Å². The molecule has 0 unspecified atom stereocenters. The molecule has 2 N–H and O–H groups in total. The Kier molecular flexibility index (Phi) is 4.31. The van der Waals surface area contributed by atoms with E-state index in [0.717, 1.165) is 12.1 Å². The molecule has 0 fully saturated rings. The van der Waals surface area contributed by atoms with E-state index in [1.54, 1.807) is 54.6 Å². The number of nitrogen functional groups attached to an aromatic ring is 1. The number of alkyl halides is 3. The maximum atomic E-state index is 13.0. The number of carbonyl (C=O) groups excluding carboxylic acids is 1. The quantitative estimate of drug-likeness (QED) is 0.526. The molecule has 5 heteroatoms. The summed E-state index contributed by atoms with van der Waals surface area (Å²) in [6.07, 6.45) is -4.49. The second-order valence-electron chi connectivity index (χ2n) is 5.54. The third-order valence-corrected chi connectivity index (χ3v) is 3.88. The summed E-state index contributed by atoms with van der Waals surface area (Å²) in [4.78, 5) is 12.8. The molecule has 2 nitrogen and oxygen atoms in total. The van der Waals surface area contributed by atoms with Gasteiger partial charge in [-0.15, -0.1) is 0 Å². The van der Waals surface area contributed by atoms with Crippen LogP contribution in [0.4, 0.5) is 18.9 Å². The number of hydrogen-bond donors (Lipinski definition) is 1. The van der Waals surface area contributed by atoms with Crippen molar-refractivity contribution in [2.45, 2.75) is 6.18 Å². The lowest BCUT2D eigenvalue weighted by atomic mass is 9.92. The second-order valence-corrected chi connectivity index (χ2v) is 5.54. The molecule has 0 radical (unpaired) electrons. The van der Waals surface area contributed by atoms with Crippen LogP contribution in [0.15, 0.2) is 72.8 Å². The summed E-state index contributed by atoms with van der Waals surface area (Å²) >= 11 is 0. The van der Waals surface area contributed by atoms with Gasteiger partial charge in [-0.1, -0.05) is 54.6 Å². The Bertz CT molecular complexity index is 918. The van der Waals surface area contributed by atoms with Gasteiger partial charge in [0, 0.05) is 22.4 Å². The van der Waals surface area contributed by atoms with Gasteiger partial charge in [-0.05, 0) is 23.8 Å². The van der Waals surface area contributed by atoms with Crippen LogP contribution in [-0.2, 0) is 6.18 Å². The van der Waals surface area contributed by atoms with Gasteiger partial charge in [-0.25, -0.2) is 0 Å². The first-order valence-electron chi connectivity index (χ1n) is 7.54. The molecule has 0 aromatic heterocycles. The van der Waals surface area contributed by atoms with Crippen LogP contribution in [0.5, 0.6) is 0 Å². The van der Waals surface area contributed by atoms with Crippen LogP contribution >= 0.6 is 0 Å². The maximum absolute atomic E-state index is 13.0. The third kappa shape index (κ3) is 3.40. The highest BCUT2D eigenvalue weighted by Gasteiger charge is 2.31. The molecule has 0 saturated carbocycles. The minimum absolute atomic E-state index is 0.182. The Morgan fingerprint density at radius 3 is 2.12 bits per heavy atom. The van der Waals surface area contributed by atoms with E-state index < -0.39 is 11.7 Å². The van der Waals surface area contributed by atoms with Gasteiger partial charge in [0.25, 0.3) is 0 Å². The van der Waals surface area contributed by atoms with Crippen molar-refractivity contribution >= 4 is 11.5 Å². The fourth-order valence-electron chi connectivity index (χ4n) is 2.63. The van der Waals surface area contributed by atoms with Gasteiger partial charge in [0.1, 0.15) is 0 Å². The summed E-state index contributed by atoms with van der Waals surface area (Å²) in [5, 5.41) is 0. The van der Waals surface area contributed by atoms with E-state index >= 15 is 0 Å². The minimum atomic E-state index is -4.49. The normalized spacial score (nSPS) is 11.3. The van der Waals surface area contributed by atoms with Crippen LogP contribution in [0.1, 0.15) is 21.5 Å². The fourth-order valence-corrected chi connectivity index (χ4v) is 2.63. The molecule has 0 spiro atoms. The molecular formula is C20H14F3NO. The van der Waals surface area contributed by atoms with E-state index in [0.29, 0.717) is 16.7 Å². The highest BCUT2D eigenvalue weighted by molar-refractivity contribution is 6.13. The number of ketones is 1. The molecule has 0 atom stereocenters.